The number of nitrogens with one attached hydrogen (secondary N) is 2. The lowest BCUT2D eigenvalue weighted by Crippen LogP contribution is -2.60. The van der Waals surface area contributed by atoms with Crippen LogP contribution in [0.2, 0.25) is 0 Å². The fourth-order valence-corrected chi connectivity index (χ4v) is 11.5. The van der Waals surface area contributed by atoms with E-state index >= 15 is 0 Å². The minimum atomic E-state index is -1.01. The molecule has 4 aromatic rings. The molecular weight excluding hydrogens is 602 g/mol. The van der Waals surface area contributed by atoms with Crippen molar-refractivity contribution in [3.8, 4) is 0 Å². The monoisotopic (exact) mass is 650 g/mol. The van der Waals surface area contributed by atoms with Crippen LogP contribution in [0.25, 0.3) is 0 Å². The van der Waals surface area contributed by atoms with E-state index in [4.69, 9.17) is 0 Å². The first-order valence-corrected chi connectivity index (χ1v) is 19.7. The molecule has 0 spiro atoms. The predicted octanol–water partition coefficient (Wildman–Crippen LogP) is 6.70. The van der Waals surface area contributed by atoms with E-state index in [1.165, 1.54) is 21.2 Å². The van der Waals surface area contributed by atoms with Crippen molar-refractivity contribution in [2.45, 2.75) is 59.0 Å². The highest BCUT2D eigenvalue weighted by atomic mass is 31.1. The molecule has 1 fully saturated rings. The van der Waals surface area contributed by atoms with Crippen LogP contribution in [0.15, 0.2) is 121 Å². The molecule has 0 unspecified atom stereocenters. The molecular formula is C40H48N2O2P2. The molecule has 4 nitrogen and oxygen atoms in total. The Labute approximate surface area is 278 Å². The lowest BCUT2D eigenvalue weighted by molar-refractivity contribution is -0.150. The van der Waals surface area contributed by atoms with Crippen molar-refractivity contribution < 1.29 is 9.59 Å². The summed E-state index contributed by atoms with van der Waals surface area (Å²) in [6, 6.07) is 42.5. The van der Waals surface area contributed by atoms with Gasteiger partial charge in [-0.15, -0.1) is 0 Å². The predicted molar refractivity (Wildman–Crippen MR) is 198 cm³/mol. The van der Waals surface area contributed by atoms with Crippen LogP contribution in [0.5, 0.6) is 0 Å². The second kappa shape index (κ2) is 16.0. The van der Waals surface area contributed by atoms with Crippen LogP contribution < -0.4 is 31.9 Å². The van der Waals surface area contributed by atoms with Gasteiger partial charge in [0.2, 0.25) is 11.8 Å². The summed E-state index contributed by atoms with van der Waals surface area (Å²) in [5, 5.41) is 12.0. The van der Waals surface area contributed by atoms with Crippen molar-refractivity contribution >= 4 is 48.9 Å². The average Bonchev–Trinajstić information content (AvgIpc) is 3.05. The van der Waals surface area contributed by atoms with E-state index in [1.807, 2.05) is 0 Å². The van der Waals surface area contributed by atoms with Gasteiger partial charge in [-0.25, -0.2) is 0 Å². The lowest BCUT2D eigenvalue weighted by atomic mass is 9.67. The molecule has 0 aromatic heterocycles. The first-order chi connectivity index (χ1) is 22.3. The zero-order valence-corrected chi connectivity index (χ0v) is 29.4. The summed E-state index contributed by atoms with van der Waals surface area (Å²) in [5.74, 6) is 0.236. The standard InChI is InChI=1S/C40H48N2O2P2/c1-30(2)36(28-45(32-18-9-5-10-19-32)33-20-11-6-12-21-33)41-38(43)40(26-17-27-40)39(44)42-37(31(3)4)29-46(34-22-13-7-14-23-34)35-24-15-8-16-25-35/h5-16,18-25,30-31,36-37H,17,26-29H2,1-4H3,(H,41,43)(H,42,44)/t36-,37-/m1/s1. The Balaban J connectivity index is 1.34. The van der Waals surface area contributed by atoms with Gasteiger partial charge in [0.25, 0.3) is 0 Å². The van der Waals surface area contributed by atoms with Gasteiger partial charge in [0.1, 0.15) is 5.41 Å². The van der Waals surface area contributed by atoms with Gasteiger partial charge < -0.3 is 10.6 Å². The van der Waals surface area contributed by atoms with E-state index < -0.39 is 21.3 Å². The van der Waals surface area contributed by atoms with E-state index in [1.54, 1.807) is 0 Å². The first-order valence-electron chi connectivity index (χ1n) is 16.7. The van der Waals surface area contributed by atoms with Crippen molar-refractivity contribution in [1.82, 2.24) is 10.6 Å². The maximum Gasteiger partial charge on any atom is 0.235 e. The van der Waals surface area contributed by atoms with Crippen LogP contribution in [0.3, 0.4) is 0 Å². The summed E-state index contributed by atoms with van der Waals surface area (Å²) in [6.07, 6.45) is 3.74. The Morgan fingerprint density at radius 1 is 0.543 bits per heavy atom. The van der Waals surface area contributed by atoms with Gasteiger partial charge in [-0.1, -0.05) is 155 Å². The van der Waals surface area contributed by atoms with Gasteiger partial charge in [-0.3, -0.25) is 9.59 Å². The van der Waals surface area contributed by atoms with Crippen LogP contribution in [0.4, 0.5) is 0 Å². The van der Waals surface area contributed by atoms with E-state index in [0.717, 1.165) is 18.7 Å². The van der Waals surface area contributed by atoms with E-state index in [9.17, 15) is 9.59 Å². The van der Waals surface area contributed by atoms with Crippen molar-refractivity contribution in [3.63, 3.8) is 0 Å². The molecule has 46 heavy (non-hydrogen) atoms. The summed E-state index contributed by atoms with van der Waals surface area (Å²) < 4.78 is 0. The number of carbonyl (C=O) groups is 2. The molecule has 4 aromatic carbocycles. The number of amides is 2. The Hall–Kier alpha value is -3.32. The fourth-order valence-electron chi connectivity index (χ4n) is 6.09. The quantitative estimate of drug-likeness (QED) is 0.118. The van der Waals surface area contributed by atoms with Crippen molar-refractivity contribution in [1.29, 1.82) is 0 Å². The molecule has 6 heteroatoms. The molecule has 0 heterocycles. The number of benzene rings is 4. The van der Waals surface area contributed by atoms with Crippen LogP contribution in [0.1, 0.15) is 47.0 Å². The highest BCUT2D eigenvalue weighted by Gasteiger charge is 2.52. The maximum absolute atomic E-state index is 14.2. The number of hydrogen-bond donors (Lipinski definition) is 2. The van der Waals surface area contributed by atoms with Gasteiger partial charge in [0.05, 0.1) is 0 Å². The van der Waals surface area contributed by atoms with E-state index in [0.29, 0.717) is 12.8 Å². The van der Waals surface area contributed by atoms with Crippen LogP contribution in [0, 0.1) is 17.3 Å². The summed E-state index contributed by atoms with van der Waals surface area (Å²) in [4.78, 5) is 28.4. The summed E-state index contributed by atoms with van der Waals surface area (Å²) >= 11 is 0. The van der Waals surface area contributed by atoms with Crippen molar-refractivity contribution in [3.05, 3.63) is 121 Å². The Morgan fingerprint density at radius 2 is 0.826 bits per heavy atom. The third kappa shape index (κ3) is 8.14. The molecule has 0 bridgehead atoms. The first kappa shape index (κ1) is 34.0. The molecule has 0 aliphatic heterocycles. The highest BCUT2D eigenvalue weighted by Crippen LogP contribution is 2.43. The van der Waals surface area contributed by atoms with Crippen LogP contribution in [-0.4, -0.2) is 36.2 Å². The molecule has 1 aliphatic carbocycles. The highest BCUT2D eigenvalue weighted by molar-refractivity contribution is 7.73. The minimum absolute atomic E-state index is 0.0470. The lowest BCUT2D eigenvalue weighted by Gasteiger charge is -2.42. The Bertz CT molecular complexity index is 1340. The summed E-state index contributed by atoms with van der Waals surface area (Å²) in [6.45, 7) is 8.69. The van der Waals surface area contributed by atoms with Gasteiger partial charge in [0.15, 0.2) is 0 Å². The average molecular weight is 651 g/mol. The number of rotatable bonds is 14. The van der Waals surface area contributed by atoms with Crippen LogP contribution in [-0.2, 0) is 9.59 Å². The van der Waals surface area contributed by atoms with E-state index in [2.05, 4.69) is 160 Å². The minimum Gasteiger partial charge on any atom is -0.352 e. The van der Waals surface area contributed by atoms with Crippen LogP contribution >= 0.6 is 15.8 Å². The van der Waals surface area contributed by atoms with Crippen molar-refractivity contribution in [2.75, 3.05) is 12.3 Å². The van der Waals surface area contributed by atoms with E-state index in [-0.39, 0.29) is 35.7 Å². The normalized spacial score (nSPS) is 15.4. The molecule has 1 saturated carbocycles. The second-order valence-electron chi connectivity index (χ2n) is 13.1. The Kier molecular flexibility index (Phi) is 11.8. The van der Waals surface area contributed by atoms with Gasteiger partial charge in [-0.05, 0) is 74.1 Å². The van der Waals surface area contributed by atoms with Gasteiger partial charge >= 0.3 is 0 Å². The molecule has 5 rings (SSSR count). The Morgan fingerprint density at radius 3 is 1.04 bits per heavy atom. The molecule has 1 aliphatic rings. The molecule has 0 saturated heterocycles. The van der Waals surface area contributed by atoms with Gasteiger partial charge in [-0.2, -0.15) is 0 Å². The third-order valence-electron chi connectivity index (χ3n) is 9.35. The second-order valence-corrected chi connectivity index (χ2v) is 17.7. The molecule has 2 amide bonds. The van der Waals surface area contributed by atoms with Crippen molar-refractivity contribution in [2.24, 2.45) is 17.3 Å². The summed E-state index contributed by atoms with van der Waals surface area (Å²) in [7, 11) is -1.36. The molecule has 2 N–H and O–H groups in total. The molecule has 2 atom stereocenters. The number of hydrogen-bond acceptors (Lipinski definition) is 2. The number of carbonyl (C=O) groups excluding carboxylic acids is 2. The SMILES string of the molecule is CC(C)[C@@H](CP(c1ccccc1)c1ccccc1)NC(=O)C1(C(=O)N[C@H](CP(c2ccccc2)c2ccccc2)C(C)C)CCC1. The topological polar surface area (TPSA) is 58.2 Å². The largest absolute Gasteiger partial charge is 0.352 e. The zero-order valence-electron chi connectivity index (χ0n) is 27.6. The zero-order chi connectivity index (χ0) is 32.5. The molecule has 240 valence electrons. The molecule has 0 radical (unpaired) electrons. The smallest absolute Gasteiger partial charge is 0.235 e. The summed E-state index contributed by atoms with van der Waals surface area (Å²) in [5.41, 5.74) is -1.01. The maximum atomic E-state index is 14.2. The third-order valence-corrected chi connectivity index (χ3v) is 14.6. The van der Waals surface area contributed by atoms with Gasteiger partial charge in [0, 0.05) is 12.1 Å². The fraction of sp³-hybridized carbons (Fsp3) is 0.350.